The highest BCUT2D eigenvalue weighted by molar-refractivity contribution is 5.43. The topological polar surface area (TPSA) is 38.5 Å². The molecule has 1 saturated heterocycles. The van der Waals surface area contributed by atoms with Crippen molar-refractivity contribution in [2.24, 2.45) is 5.41 Å². The molecule has 1 aromatic rings. The van der Waals surface area contributed by atoms with Crippen LogP contribution in [0, 0.1) is 5.41 Å². The monoisotopic (exact) mass is 220 g/mol. The Hall–Kier alpha value is -1.22. The van der Waals surface area contributed by atoms with E-state index in [4.69, 9.17) is 10.5 Å². The van der Waals surface area contributed by atoms with Crippen molar-refractivity contribution in [1.82, 2.24) is 4.90 Å². The van der Waals surface area contributed by atoms with Gasteiger partial charge in [0, 0.05) is 31.4 Å². The van der Waals surface area contributed by atoms with E-state index < -0.39 is 0 Å². The fourth-order valence-corrected chi connectivity index (χ4v) is 2.22. The molecule has 1 aliphatic heterocycles. The maximum Gasteiger partial charge on any atom is 0.121 e. The summed E-state index contributed by atoms with van der Waals surface area (Å²) in [6, 6.07) is 7.58. The fourth-order valence-electron chi connectivity index (χ4n) is 2.22. The molecule has 0 amide bonds. The first kappa shape index (κ1) is 11.3. The number of anilines is 1. The van der Waals surface area contributed by atoms with Gasteiger partial charge in [0.05, 0.1) is 0 Å². The predicted octanol–water partition coefficient (Wildman–Crippen LogP) is 1.99. The lowest BCUT2D eigenvalue weighted by Crippen LogP contribution is -2.53. The molecule has 0 aromatic heterocycles. The zero-order valence-corrected chi connectivity index (χ0v) is 10.1. The summed E-state index contributed by atoms with van der Waals surface area (Å²) >= 11 is 0. The lowest BCUT2D eigenvalue weighted by molar-refractivity contribution is 0.0213. The summed E-state index contributed by atoms with van der Waals surface area (Å²) in [6.45, 7) is 8.67. The highest BCUT2D eigenvalue weighted by atomic mass is 16.5. The van der Waals surface area contributed by atoms with Crippen molar-refractivity contribution in [3.05, 3.63) is 24.3 Å². The minimum absolute atomic E-state index is 0.497. The van der Waals surface area contributed by atoms with Crippen LogP contribution in [0.4, 0.5) is 5.69 Å². The van der Waals surface area contributed by atoms with Gasteiger partial charge < -0.3 is 10.5 Å². The van der Waals surface area contributed by atoms with Crippen molar-refractivity contribution in [2.45, 2.75) is 13.8 Å². The van der Waals surface area contributed by atoms with Crippen molar-refractivity contribution in [2.75, 3.05) is 32.0 Å². The van der Waals surface area contributed by atoms with Gasteiger partial charge in [-0.1, -0.05) is 19.9 Å². The van der Waals surface area contributed by atoms with Gasteiger partial charge >= 0.3 is 0 Å². The number of nitrogen functional groups attached to an aromatic ring is 1. The van der Waals surface area contributed by atoms with Crippen molar-refractivity contribution >= 4 is 5.69 Å². The van der Waals surface area contributed by atoms with Gasteiger partial charge in [-0.25, -0.2) is 0 Å². The lowest BCUT2D eigenvalue weighted by Gasteiger charge is -2.45. The second kappa shape index (κ2) is 4.34. The van der Waals surface area contributed by atoms with Crippen molar-refractivity contribution in [3.8, 4) is 5.75 Å². The maximum atomic E-state index is 5.67. The van der Waals surface area contributed by atoms with Gasteiger partial charge in [-0.2, -0.15) is 0 Å². The largest absolute Gasteiger partial charge is 0.492 e. The third kappa shape index (κ3) is 2.89. The van der Waals surface area contributed by atoms with Crippen LogP contribution in [0.2, 0.25) is 0 Å². The first-order valence-corrected chi connectivity index (χ1v) is 5.76. The molecule has 1 aliphatic rings. The van der Waals surface area contributed by atoms with Crippen LogP contribution in [0.25, 0.3) is 0 Å². The van der Waals surface area contributed by atoms with Crippen LogP contribution in [0.3, 0.4) is 0 Å². The van der Waals surface area contributed by atoms with Crippen LogP contribution in [0.5, 0.6) is 5.75 Å². The van der Waals surface area contributed by atoms with E-state index in [0.29, 0.717) is 5.41 Å². The Morgan fingerprint density at radius 3 is 2.75 bits per heavy atom. The van der Waals surface area contributed by atoms with Gasteiger partial charge in [0.15, 0.2) is 0 Å². The molecule has 3 nitrogen and oxygen atoms in total. The second-order valence-corrected chi connectivity index (χ2v) is 5.30. The highest BCUT2D eigenvalue weighted by Gasteiger charge is 2.33. The maximum absolute atomic E-state index is 5.67. The van der Waals surface area contributed by atoms with Crippen LogP contribution in [-0.4, -0.2) is 31.1 Å². The zero-order valence-electron chi connectivity index (χ0n) is 10.1. The normalized spacial score (nSPS) is 19.1. The Morgan fingerprint density at radius 1 is 1.38 bits per heavy atom. The number of hydrogen-bond donors (Lipinski definition) is 1. The van der Waals surface area contributed by atoms with E-state index >= 15 is 0 Å². The van der Waals surface area contributed by atoms with E-state index in [1.54, 1.807) is 0 Å². The lowest BCUT2D eigenvalue weighted by atomic mass is 9.84. The Morgan fingerprint density at radius 2 is 2.12 bits per heavy atom. The minimum Gasteiger partial charge on any atom is -0.492 e. The number of hydrogen-bond acceptors (Lipinski definition) is 3. The smallest absolute Gasteiger partial charge is 0.121 e. The highest BCUT2D eigenvalue weighted by Crippen LogP contribution is 2.28. The van der Waals surface area contributed by atoms with Crippen molar-refractivity contribution in [1.29, 1.82) is 0 Å². The van der Waals surface area contributed by atoms with Crippen molar-refractivity contribution in [3.63, 3.8) is 0 Å². The molecule has 0 atom stereocenters. The minimum atomic E-state index is 0.497. The molecule has 1 heterocycles. The van der Waals surface area contributed by atoms with Crippen LogP contribution < -0.4 is 10.5 Å². The first-order chi connectivity index (χ1) is 7.55. The average molecular weight is 220 g/mol. The molecule has 2 rings (SSSR count). The third-order valence-corrected chi connectivity index (χ3v) is 2.84. The zero-order chi connectivity index (χ0) is 11.6. The molecule has 0 saturated carbocycles. The number of rotatable bonds is 4. The van der Waals surface area contributed by atoms with E-state index in [1.165, 1.54) is 13.1 Å². The summed E-state index contributed by atoms with van der Waals surface area (Å²) in [6.07, 6.45) is 0. The quantitative estimate of drug-likeness (QED) is 0.789. The number of ether oxygens (including phenoxy) is 1. The SMILES string of the molecule is CC1(C)CN(CCOc2cccc(N)c2)C1. The van der Waals surface area contributed by atoms with Gasteiger partial charge in [-0.15, -0.1) is 0 Å². The summed E-state index contributed by atoms with van der Waals surface area (Å²) in [5.41, 5.74) is 6.92. The Bertz CT molecular complexity index is 355. The van der Waals surface area contributed by atoms with E-state index in [2.05, 4.69) is 18.7 Å². The number of nitrogens with zero attached hydrogens (tertiary/aromatic N) is 1. The summed E-state index contributed by atoms with van der Waals surface area (Å²) in [5, 5.41) is 0. The summed E-state index contributed by atoms with van der Waals surface area (Å²) in [4.78, 5) is 2.41. The van der Waals surface area contributed by atoms with E-state index in [1.807, 2.05) is 24.3 Å². The molecular formula is C13H20N2O. The van der Waals surface area contributed by atoms with Crippen LogP contribution in [0.15, 0.2) is 24.3 Å². The number of likely N-dealkylation sites (tertiary alicyclic amines) is 1. The van der Waals surface area contributed by atoms with E-state index in [-0.39, 0.29) is 0 Å². The van der Waals surface area contributed by atoms with Crippen LogP contribution in [-0.2, 0) is 0 Å². The Labute approximate surface area is 97.2 Å². The van der Waals surface area contributed by atoms with Gasteiger partial charge in [0.2, 0.25) is 0 Å². The fraction of sp³-hybridized carbons (Fsp3) is 0.538. The van der Waals surface area contributed by atoms with Gasteiger partial charge in [-0.3, -0.25) is 4.90 Å². The summed E-state index contributed by atoms with van der Waals surface area (Å²) < 4.78 is 5.64. The van der Waals surface area contributed by atoms with Gasteiger partial charge in [0.1, 0.15) is 12.4 Å². The molecule has 0 aliphatic carbocycles. The standard InChI is InChI=1S/C13H20N2O/c1-13(2)9-15(10-13)6-7-16-12-5-3-4-11(14)8-12/h3-5,8H,6-7,9-10,14H2,1-2H3. The molecule has 0 unspecified atom stereocenters. The number of nitrogens with two attached hydrogens (primary N) is 1. The van der Waals surface area contributed by atoms with Gasteiger partial charge in [0.25, 0.3) is 0 Å². The molecule has 0 spiro atoms. The molecule has 0 bridgehead atoms. The Kier molecular flexibility index (Phi) is 3.06. The predicted molar refractivity (Wildman–Crippen MR) is 66.6 cm³/mol. The average Bonchev–Trinajstić information content (AvgIpc) is 2.15. The molecule has 2 N–H and O–H groups in total. The van der Waals surface area contributed by atoms with Crippen LogP contribution >= 0.6 is 0 Å². The molecule has 1 fully saturated rings. The number of benzene rings is 1. The molecule has 1 aromatic carbocycles. The molecule has 16 heavy (non-hydrogen) atoms. The summed E-state index contributed by atoms with van der Waals surface area (Å²) in [5.74, 6) is 0.861. The molecule has 88 valence electrons. The van der Waals surface area contributed by atoms with E-state index in [0.717, 1.165) is 24.6 Å². The van der Waals surface area contributed by atoms with Crippen LogP contribution in [0.1, 0.15) is 13.8 Å². The van der Waals surface area contributed by atoms with Crippen molar-refractivity contribution < 1.29 is 4.74 Å². The molecular weight excluding hydrogens is 200 g/mol. The van der Waals surface area contributed by atoms with E-state index in [9.17, 15) is 0 Å². The molecule has 0 radical (unpaired) electrons. The third-order valence-electron chi connectivity index (χ3n) is 2.84. The first-order valence-electron chi connectivity index (χ1n) is 5.76. The second-order valence-electron chi connectivity index (χ2n) is 5.30. The summed E-state index contributed by atoms with van der Waals surface area (Å²) in [7, 11) is 0. The Balaban J connectivity index is 1.69. The van der Waals surface area contributed by atoms with Gasteiger partial charge in [-0.05, 0) is 17.5 Å². The molecule has 3 heteroatoms.